The summed E-state index contributed by atoms with van der Waals surface area (Å²) in [5, 5.41) is 2.76. The molecule has 1 aromatic rings. The highest BCUT2D eigenvalue weighted by atomic mass is 32.2. The molecule has 0 aliphatic carbocycles. The largest absolute Gasteiger partial charge is 0.385 e. The molecule has 0 saturated heterocycles. The predicted molar refractivity (Wildman–Crippen MR) is 94.2 cm³/mol. The Balaban J connectivity index is 2.80. The van der Waals surface area contributed by atoms with Crippen LogP contribution in [0.1, 0.15) is 32.3 Å². The maximum atomic E-state index is 12.5. The highest BCUT2D eigenvalue weighted by molar-refractivity contribution is 7.89. The lowest BCUT2D eigenvalue weighted by atomic mass is 10.0. The Hall–Kier alpha value is -1.44. The summed E-state index contributed by atoms with van der Waals surface area (Å²) in [6.07, 6.45) is 1.11. The van der Waals surface area contributed by atoms with Crippen molar-refractivity contribution >= 4 is 15.9 Å². The number of carbonyl (C=O) groups excluding carboxylic acids is 1. The van der Waals surface area contributed by atoms with Gasteiger partial charge in [-0.05, 0) is 37.8 Å². The SMILES string of the molecule is COCCCNC(=O)[C@@H](CC(C)C)NS(=O)(=O)c1ccc(C)cc1. The second kappa shape index (κ2) is 9.76. The first kappa shape index (κ1) is 20.6. The van der Waals surface area contributed by atoms with Crippen molar-refractivity contribution in [1.29, 1.82) is 0 Å². The average molecular weight is 356 g/mol. The van der Waals surface area contributed by atoms with Gasteiger partial charge in [-0.2, -0.15) is 4.72 Å². The van der Waals surface area contributed by atoms with Gasteiger partial charge >= 0.3 is 0 Å². The van der Waals surface area contributed by atoms with Crippen molar-refractivity contribution < 1.29 is 17.9 Å². The van der Waals surface area contributed by atoms with Crippen molar-refractivity contribution in [3.05, 3.63) is 29.8 Å². The van der Waals surface area contributed by atoms with Gasteiger partial charge in [-0.15, -0.1) is 0 Å². The third-order valence-corrected chi connectivity index (χ3v) is 4.96. The molecule has 6 nitrogen and oxygen atoms in total. The molecule has 0 heterocycles. The first-order chi connectivity index (χ1) is 11.3. The van der Waals surface area contributed by atoms with Crippen LogP contribution >= 0.6 is 0 Å². The Kier molecular flexibility index (Phi) is 8.38. The summed E-state index contributed by atoms with van der Waals surface area (Å²) in [4.78, 5) is 12.5. The lowest BCUT2D eigenvalue weighted by molar-refractivity contribution is -0.123. The summed E-state index contributed by atoms with van der Waals surface area (Å²) in [7, 11) is -2.14. The summed E-state index contributed by atoms with van der Waals surface area (Å²) < 4.78 is 32.5. The van der Waals surface area contributed by atoms with Gasteiger partial charge in [0.05, 0.1) is 4.90 Å². The van der Waals surface area contributed by atoms with E-state index in [0.29, 0.717) is 26.0 Å². The van der Waals surface area contributed by atoms with Crippen molar-refractivity contribution in [3.63, 3.8) is 0 Å². The number of hydrogen-bond acceptors (Lipinski definition) is 4. The maximum absolute atomic E-state index is 12.5. The second-order valence-electron chi connectivity index (χ2n) is 6.25. The van der Waals surface area contributed by atoms with Gasteiger partial charge in [0.2, 0.25) is 15.9 Å². The summed E-state index contributed by atoms with van der Waals surface area (Å²) in [6.45, 7) is 6.79. The number of ether oxygens (including phenoxy) is 1. The number of sulfonamides is 1. The van der Waals surface area contributed by atoms with Crippen molar-refractivity contribution in [2.75, 3.05) is 20.3 Å². The van der Waals surface area contributed by atoms with Crippen LogP contribution in [0.15, 0.2) is 29.2 Å². The number of aryl methyl sites for hydroxylation is 1. The van der Waals surface area contributed by atoms with Gasteiger partial charge in [0.1, 0.15) is 6.04 Å². The Morgan fingerprint density at radius 2 is 1.83 bits per heavy atom. The van der Waals surface area contributed by atoms with E-state index in [-0.39, 0.29) is 16.7 Å². The quantitative estimate of drug-likeness (QED) is 0.627. The molecule has 0 aliphatic heterocycles. The molecule has 24 heavy (non-hydrogen) atoms. The van der Waals surface area contributed by atoms with Gasteiger partial charge in [0, 0.05) is 20.3 Å². The number of rotatable bonds is 10. The molecule has 1 rings (SSSR count). The molecule has 1 aromatic carbocycles. The second-order valence-corrected chi connectivity index (χ2v) is 7.97. The van der Waals surface area contributed by atoms with Crippen LogP contribution in [-0.4, -0.2) is 40.6 Å². The number of hydrogen-bond donors (Lipinski definition) is 2. The lowest BCUT2D eigenvalue weighted by Crippen LogP contribution is -2.47. The lowest BCUT2D eigenvalue weighted by Gasteiger charge is -2.20. The molecule has 0 fully saturated rings. The van der Waals surface area contributed by atoms with Crippen LogP contribution in [0.4, 0.5) is 0 Å². The van der Waals surface area contributed by atoms with Gasteiger partial charge in [-0.3, -0.25) is 4.79 Å². The van der Waals surface area contributed by atoms with Crippen LogP contribution in [-0.2, 0) is 19.6 Å². The molecular formula is C17H28N2O4S. The fourth-order valence-electron chi connectivity index (χ4n) is 2.20. The molecule has 0 unspecified atom stereocenters. The molecule has 0 radical (unpaired) electrons. The molecule has 2 N–H and O–H groups in total. The van der Waals surface area contributed by atoms with E-state index in [4.69, 9.17) is 4.74 Å². The summed E-state index contributed by atoms with van der Waals surface area (Å²) in [5.74, 6) is -0.129. The van der Waals surface area contributed by atoms with E-state index in [1.807, 2.05) is 20.8 Å². The van der Waals surface area contributed by atoms with Crippen LogP contribution in [0, 0.1) is 12.8 Å². The minimum absolute atomic E-state index is 0.161. The van der Waals surface area contributed by atoms with Crippen LogP contribution < -0.4 is 10.0 Å². The van der Waals surface area contributed by atoms with E-state index in [0.717, 1.165) is 5.56 Å². The fourth-order valence-corrected chi connectivity index (χ4v) is 3.41. The zero-order valence-corrected chi connectivity index (χ0v) is 15.7. The van der Waals surface area contributed by atoms with E-state index in [1.54, 1.807) is 31.4 Å². The van der Waals surface area contributed by atoms with Crippen LogP contribution in [0.25, 0.3) is 0 Å². The van der Waals surface area contributed by atoms with Crippen molar-refractivity contribution in [1.82, 2.24) is 10.0 Å². The van der Waals surface area contributed by atoms with Gasteiger partial charge in [0.25, 0.3) is 0 Å². The first-order valence-corrected chi connectivity index (χ1v) is 9.60. The van der Waals surface area contributed by atoms with Gasteiger partial charge in [-0.1, -0.05) is 31.5 Å². The number of amides is 1. The summed E-state index contributed by atoms with van der Waals surface area (Å²) in [6, 6.07) is 5.76. The minimum atomic E-state index is -3.74. The van der Waals surface area contributed by atoms with E-state index in [1.165, 1.54) is 0 Å². The molecule has 0 aromatic heterocycles. The Labute approximate surface area is 145 Å². The summed E-state index contributed by atoms with van der Waals surface area (Å²) in [5.41, 5.74) is 0.976. The van der Waals surface area contributed by atoms with Crippen LogP contribution in [0.5, 0.6) is 0 Å². The number of carbonyl (C=O) groups is 1. The smallest absolute Gasteiger partial charge is 0.241 e. The standard InChI is InChI=1S/C17H28N2O4S/c1-13(2)12-16(17(20)18-10-5-11-23-4)19-24(21,22)15-8-6-14(3)7-9-15/h6-9,13,16,19H,5,10-12H2,1-4H3,(H,18,20)/t16-/m1/s1. The molecule has 1 amide bonds. The first-order valence-electron chi connectivity index (χ1n) is 8.12. The molecule has 0 spiro atoms. The normalized spacial score (nSPS) is 13.0. The predicted octanol–water partition coefficient (Wildman–Crippen LogP) is 1.84. The number of benzene rings is 1. The summed E-state index contributed by atoms with van der Waals surface area (Å²) >= 11 is 0. The maximum Gasteiger partial charge on any atom is 0.241 e. The van der Waals surface area contributed by atoms with E-state index in [9.17, 15) is 13.2 Å². The fraction of sp³-hybridized carbons (Fsp3) is 0.588. The Morgan fingerprint density at radius 3 is 2.38 bits per heavy atom. The van der Waals surface area contributed by atoms with Crippen LogP contribution in [0.2, 0.25) is 0 Å². The van der Waals surface area contributed by atoms with E-state index in [2.05, 4.69) is 10.0 Å². The highest BCUT2D eigenvalue weighted by Crippen LogP contribution is 2.13. The zero-order chi connectivity index (χ0) is 18.2. The van der Waals surface area contributed by atoms with E-state index < -0.39 is 16.1 Å². The number of methoxy groups -OCH3 is 1. The molecule has 0 aliphatic rings. The zero-order valence-electron chi connectivity index (χ0n) is 14.8. The van der Waals surface area contributed by atoms with E-state index >= 15 is 0 Å². The van der Waals surface area contributed by atoms with Crippen molar-refractivity contribution in [2.45, 2.75) is 44.6 Å². The third kappa shape index (κ3) is 6.98. The molecule has 7 heteroatoms. The molecule has 0 bridgehead atoms. The van der Waals surface area contributed by atoms with Crippen LogP contribution in [0.3, 0.4) is 0 Å². The topological polar surface area (TPSA) is 84.5 Å². The molecule has 1 atom stereocenters. The third-order valence-electron chi connectivity index (χ3n) is 3.48. The Bertz CT molecular complexity index is 612. The minimum Gasteiger partial charge on any atom is -0.385 e. The van der Waals surface area contributed by atoms with Gasteiger partial charge in [-0.25, -0.2) is 8.42 Å². The monoisotopic (exact) mass is 356 g/mol. The van der Waals surface area contributed by atoms with Crippen molar-refractivity contribution in [2.24, 2.45) is 5.92 Å². The molecule has 136 valence electrons. The Morgan fingerprint density at radius 1 is 1.21 bits per heavy atom. The van der Waals surface area contributed by atoms with Crippen molar-refractivity contribution in [3.8, 4) is 0 Å². The highest BCUT2D eigenvalue weighted by Gasteiger charge is 2.26. The number of nitrogens with one attached hydrogen (secondary N) is 2. The molecular weight excluding hydrogens is 328 g/mol. The van der Waals surface area contributed by atoms with Gasteiger partial charge in [0.15, 0.2) is 0 Å². The average Bonchev–Trinajstić information content (AvgIpc) is 2.50. The molecule has 0 saturated carbocycles. The van der Waals surface area contributed by atoms with Gasteiger partial charge < -0.3 is 10.1 Å².